The molecule has 0 N–H and O–H groups in total. The van der Waals surface area contributed by atoms with Crippen LogP contribution in [0.1, 0.15) is 50.4 Å². The van der Waals surface area contributed by atoms with Crippen molar-refractivity contribution in [3.8, 4) is 17.2 Å². The molecule has 0 aliphatic carbocycles. The van der Waals surface area contributed by atoms with E-state index in [1.54, 1.807) is 38.5 Å². The molecule has 0 unspecified atom stereocenters. The smallest absolute Gasteiger partial charge is 0.338 e. The molecular formula is C34H33BrN2O6S. The molecule has 1 atom stereocenters. The van der Waals surface area contributed by atoms with Gasteiger partial charge in [-0.25, -0.2) is 9.79 Å². The molecule has 1 aromatic heterocycles. The van der Waals surface area contributed by atoms with Crippen LogP contribution in [0.25, 0.3) is 6.08 Å². The first-order valence-corrected chi connectivity index (χ1v) is 15.8. The van der Waals surface area contributed by atoms with Crippen molar-refractivity contribution in [3.05, 3.63) is 119 Å². The van der Waals surface area contributed by atoms with Crippen LogP contribution in [0.3, 0.4) is 0 Å². The van der Waals surface area contributed by atoms with E-state index >= 15 is 0 Å². The highest BCUT2D eigenvalue weighted by Gasteiger charge is 2.33. The lowest BCUT2D eigenvalue weighted by atomic mass is 9.96. The Morgan fingerprint density at radius 2 is 1.82 bits per heavy atom. The molecule has 1 aliphatic rings. The minimum Gasteiger partial charge on any atom is -0.494 e. The Bertz CT molecular complexity index is 1880. The number of rotatable bonds is 10. The van der Waals surface area contributed by atoms with Crippen molar-refractivity contribution in [1.29, 1.82) is 0 Å². The second-order valence-electron chi connectivity index (χ2n) is 10.3. The van der Waals surface area contributed by atoms with Gasteiger partial charge in [-0.3, -0.25) is 9.36 Å². The van der Waals surface area contributed by atoms with Gasteiger partial charge in [-0.15, -0.1) is 0 Å². The van der Waals surface area contributed by atoms with E-state index in [4.69, 9.17) is 18.9 Å². The maximum absolute atomic E-state index is 14.0. The zero-order valence-corrected chi connectivity index (χ0v) is 27.5. The van der Waals surface area contributed by atoms with Gasteiger partial charge in [0.1, 0.15) is 12.4 Å². The largest absolute Gasteiger partial charge is 0.494 e. The van der Waals surface area contributed by atoms with Crippen LogP contribution in [0.15, 0.2) is 92.3 Å². The zero-order valence-electron chi connectivity index (χ0n) is 25.1. The lowest BCUT2D eigenvalue weighted by Gasteiger charge is -2.25. The molecule has 0 bridgehead atoms. The number of fused-ring (bicyclic) bond motifs is 1. The van der Waals surface area contributed by atoms with Crippen molar-refractivity contribution < 1.29 is 23.7 Å². The number of hydrogen-bond donors (Lipinski definition) is 0. The number of halogens is 1. The third-order valence-electron chi connectivity index (χ3n) is 6.87. The molecule has 0 radical (unpaired) electrons. The van der Waals surface area contributed by atoms with Crippen molar-refractivity contribution in [1.82, 2.24) is 4.57 Å². The van der Waals surface area contributed by atoms with Crippen LogP contribution in [0.2, 0.25) is 0 Å². The lowest BCUT2D eigenvalue weighted by molar-refractivity contribution is -0.143. The summed E-state index contributed by atoms with van der Waals surface area (Å²) in [6.45, 7) is 8.17. The van der Waals surface area contributed by atoms with Gasteiger partial charge in [0.15, 0.2) is 16.3 Å². The first kappa shape index (κ1) is 31.3. The van der Waals surface area contributed by atoms with Crippen LogP contribution in [0, 0.1) is 0 Å². The zero-order chi connectivity index (χ0) is 31.4. The quantitative estimate of drug-likeness (QED) is 0.193. The molecule has 5 rings (SSSR count). The van der Waals surface area contributed by atoms with Gasteiger partial charge in [0, 0.05) is 0 Å². The summed E-state index contributed by atoms with van der Waals surface area (Å²) in [6.07, 6.45) is 1.46. The molecule has 0 saturated carbocycles. The molecule has 44 heavy (non-hydrogen) atoms. The van der Waals surface area contributed by atoms with E-state index in [1.165, 1.54) is 11.3 Å². The third kappa shape index (κ3) is 6.66. The summed E-state index contributed by atoms with van der Waals surface area (Å²) in [5.41, 5.74) is 3.07. The molecule has 3 aromatic carbocycles. The molecule has 228 valence electrons. The second-order valence-corrected chi connectivity index (χ2v) is 12.2. The number of nitrogens with zero attached hydrogens (tertiary/aromatic N) is 2. The number of carbonyl (C=O) groups is 1. The summed E-state index contributed by atoms with van der Waals surface area (Å²) >= 11 is 4.88. The van der Waals surface area contributed by atoms with E-state index in [2.05, 4.69) is 20.9 Å². The highest BCUT2D eigenvalue weighted by Crippen LogP contribution is 2.37. The highest BCUT2D eigenvalue weighted by molar-refractivity contribution is 9.10. The molecule has 10 heteroatoms. The average molecular weight is 678 g/mol. The molecule has 4 aromatic rings. The first-order chi connectivity index (χ1) is 21.2. The number of hydrogen-bond acceptors (Lipinski definition) is 8. The Morgan fingerprint density at radius 3 is 2.48 bits per heavy atom. The Hall–Kier alpha value is -4.15. The van der Waals surface area contributed by atoms with Gasteiger partial charge >= 0.3 is 5.97 Å². The fraction of sp³-hybridized carbons (Fsp3) is 0.265. The molecule has 1 aliphatic heterocycles. The predicted octanol–water partition coefficient (Wildman–Crippen LogP) is 5.94. The van der Waals surface area contributed by atoms with Crippen molar-refractivity contribution in [2.75, 3.05) is 13.7 Å². The highest BCUT2D eigenvalue weighted by atomic mass is 79.9. The van der Waals surface area contributed by atoms with Crippen LogP contribution in [0.5, 0.6) is 17.2 Å². The summed E-state index contributed by atoms with van der Waals surface area (Å²) < 4.78 is 25.7. The fourth-order valence-corrected chi connectivity index (χ4v) is 6.55. The molecule has 8 nitrogen and oxygen atoms in total. The Balaban J connectivity index is 1.58. The molecular weight excluding hydrogens is 644 g/mol. The van der Waals surface area contributed by atoms with E-state index in [9.17, 15) is 9.59 Å². The van der Waals surface area contributed by atoms with Crippen molar-refractivity contribution in [3.63, 3.8) is 0 Å². The maximum atomic E-state index is 14.0. The van der Waals surface area contributed by atoms with E-state index in [1.807, 2.05) is 73.7 Å². The topological polar surface area (TPSA) is 88.4 Å². The van der Waals surface area contributed by atoms with E-state index < -0.39 is 12.0 Å². The Morgan fingerprint density at radius 1 is 1.09 bits per heavy atom. The number of carbonyl (C=O) groups excluding carboxylic acids is 1. The number of allylic oxidation sites excluding steroid dienone is 1. The van der Waals surface area contributed by atoms with Crippen LogP contribution in [-0.2, 0) is 16.1 Å². The van der Waals surface area contributed by atoms with Gasteiger partial charge in [0.2, 0.25) is 0 Å². The van der Waals surface area contributed by atoms with Gasteiger partial charge in [0.05, 0.1) is 46.1 Å². The summed E-state index contributed by atoms with van der Waals surface area (Å²) in [6, 6.07) is 20.2. The summed E-state index contributed by atoms with van der Waals surface area (Å²) in [4.78, 5) is 32.6. The molecule has 0 spiro atoms. The SMILES string of the molecule is CCOc1ccc([C@H]2C(C(=O)OC(C)C)=C(C)N=c3s/c(=C/c4cc(Br)c(OCc5ccccc5)c(OC)c4)c(=O)n32)cc1. The number of thiazole rings is 1. The minimum atomic E-state index is -0.717. The van der Waals surface area contributed by atoms with Crippen LogP contribution < -0.4 is 29.1 Å². The van der Waals surface area contributed by atoms with Gasteiger partial charge in [-0.1, -0.05) is 53.8 Å². The second kappa shape index (κ2) is 13.7. The molecule has 2 heterocycles. The van der Waals surface area contributed by atoms with E-state index in [0.717, 1.165) is 16.7 Å². The van der Waals surface area contributed by atoms with Crippen molar-refractivity contribution >= 4 is 39.3 Å². The van der Waals surface area contributed by atoms with E-state index in [-0.39, 0.29) is 11.7 Å². The molecule has 0 fully saturated rings. The van der Waals surface area contributed by atoms with Crippen LogP contribution in [0.4, 0.5) is 0 Å². The standard InChI is InChI=1S/C34H33BrN2O6S/c1-6-41-25-14-12-24(13-15-25)30-29(33(39)43-20(2)3)21(4)36-34-37(30)32(38)28(44-34)18-23-16-26(35)31(27(17-23)40-5)42-19-22-10-8-7-9-11-22/h7-18,20,30H,6,19H2,1-5H3/b28-18+/t30-/m0/s1. The number of aromatic nitrogens is 1. The van der Waals surface area contributed by atoms with Crippen LogP contribution >= 0.6 is 27.3 Å². The monoisotopic (exact) mass is 676 g/mol. The molecule has 0 amide bonds. The van der Waals surface area contributed by atoms with Crippen molar-refractivity contribution in [2.24, 2.45) is 4.99 Å². The maximum Gasteiger partial charge on any atom is 0.338 e. The Labute approximate surface area is 268 Å². The van der Waals surface area contributed by atoms with Crippen molar-refractivity contribution in [2.45, 2.75) is 46.4 Å². The predicted molar refractivity (Wildman–Crippen MR) is 174 cm³/mol. The minimum absolute atomic E-state index is 0.269. The average Bonchev–Trinajstić information content (AvgIpc) is 3.30. The number of methoxy groups -OCH3 is 1. The number of ether oxygens (including phenoxy) is 4. The van der Waals surface area contributed by atoms with Gasteiger partial charge < -0.3 is 18.9 Å². The van der Waals surface area contributed by atoms with Gasteiger partial charge in [0.25, 0.3) is 5.56 Å². The summed E-state index contributed by atoms with van der Waals surface area (Å²) in [7, 11) is 1.58. The van der Waals surface area contributed by atoms with Crippen LogP contribution in [-0.4, -0.2) is 30.4 Å². The fourth-order valence-electron chi connectivity index (χ4n) is 4.93. The first-order valence-electron chi connectivity index (χ1n) is 14.2. The summed E-state index contributed by atoms with van der Waals surface area (Å²) in [5, 5.41) is 0. The van der Waals surface area contributed by atoms with Gasteiger partial charge in [-0.05, 0) is 90.7 Å². The summed E-state index contributed by atoms with van der Waals surface area (Å²) in [5.74, 6) is 1.28. The normalized spacial score (nSPS) is 14.7. The Kier molecular flexibility index (Phi) is 9.71. The molecule has 0 saturated heterocycles. The number of benzene rings is 3. The third-order valence-corrected chi connectivity index (χ3v) is 8.44. The lowest BCUT2D eigenvalue weighted by Crippen LogP contribution is -2.40. The van der Waals surface area contributed by atoms with Gasteiger partial charge in [-0.2, -0.15) is 0 Å². The van der Waals surface area contributed by atoms with E-state index in [0.29, 0.717) is 55.5 Å². The number of esters is 1.